The van der Waals surface area contributed by atoms with Crippen molar-refractivity contribution >= 4 is 10.8 Å². The van der Waals surface area contributed by atoms with E-state index in [1.54, 1.807) is 0 Å². The second-order valence-corrected chi connectivity index (χ2v) is 5.55. The van der Waals surface area contributed by atoms with Crippen molar-refractivity contribution in [2.75, 3.05) is 7.05 Å². The van der Waals surface area contributed by atoms with E-state index in [1.807, 2.05) is 25.7 Å². The molecule has 1 atom stereocenters. The minimum absolute atomic E-state index is 0.296. The second kappa shape index (κ2) is 5.70. The molecule has 2 aromatic carbocycles. The largest absolute Gasteiger partial charge is 0.313 e. The molecule has 0 aliphatic rings. The summed E-state index contributed by atoms with van der Waals surface area (Å²) < 4.78 is 1.97. The molecule has 0 bridgehead atoms. The number of benzene rings is 2. The maximum absolute atomic E-state index is 4.43. The molecule has 21 heavy (non-hydrogen) atoms. The van der Waals surface area contributed by atoms with Gasteiger partial charge in [-0.25, -0.2) is 0 Å². The first-order valence-corrected chi connectivity index (χ1v) is 7.33. The van der Waals surface area contributed by atoms with Gasteiger partial charge in [0.1, 0.15) is 0 Å². The molecule has 1 N–H and O–H groups in total. The minimum atomic E-state index is 0.296. The Kier molecular flexibility index (Phi) is 3.76. The summed E-state index contributed by atoms with van der Waals surface area (Å²) in [4.78, 5) is 0. The Bertz CT molecular complexity index is 758. The van der Waals surface area contributed by atoms with Gasteiger partial charge >= 0.3 is 0 Å². The molecule has 1 unspecified atom stereocenters. The Balaban J connectivity index is 1.92. The van der Waals surface area contributed by atoms with E-state index in [1.165, 1.54) is 22.0 Å². The van der Waals surface area contributed by atoms with Gasteiger partial charge in [-0.1, -0.05) is 36.4 Å². The minimum Gasteiger partial charge on any atom is -0.313 e. The van der Waals surface area contributed by atoms with Crippen LogP contribution < -0.4 is 5.32 Å². The lowest BCUT2D eigenvalue weighted by Crippen LogP contribution is -2.20. The summed E-state index contributed by atoms with van der Waals surface area (Å²) >= 11 is 0. The zero-order valence-electron chi connectivity index (χ0n) is 12.8. The van der Waals surface area contributed by atoms with Crippen LogP contribution in [0.1, 0.15) is 23.0 Å². The van der Waals surface area contributed by atoms with Gasteiger partial charge in [0.05, 0.1) is 5.69 Å². The van der Waals surface area contributed by atoms with E-state index >= 15 is 0 Å². The SMILES string of the molecule is CNC(Cc1cc(C)nn1C)c1ccc2ccccc2c1. The number of aromatic nitrogens is 2. The fourth-order valence-electron chi connectivity index (χ4n) is 2.88. The number of fused-ring (bicyclic) bond motifs is 1. The number of nitrogens with zero attached hydrogens (tertiary/aromatic N) is 2. The first kappa shape index (κ1) is 13.8. The molecule has 1 aromatic heterocycles. The Morgan fingerprint density at radius 3 is 2.52 bits per heavy atom. The van der Waals surface area contributed by atoms with Gasteiger partial charge in [0.25, 0.3) is 0 Å². The lowest BCUT2D eigenvalue weighted by molar-refractivity contribution is 0.562. The smallest absolute Gasteiger partial charge is 0.0596 e. The van der Waals surface area contributed by atoms with Crippen molar-refractivity contribution in [1.82, 2.24) is 15.1 Å². The normalized spacial score (nSPS) is 12.7. The third kappa shape index (κ3) is 2.83. The van der Waals surface area contributed by atoms with Gasteiger partial charge in [0.2, 0.25) is 0 Å². The highest BCUT2D eigenvalue weighted by Crippen LogP contribution is 2.23. The van der Waals surface area contributed by atoms with E-state index in [2.05, 4.69) is 58.9 Å². The maximum atomic E-state index is 4.43. The third-order valence-corrected chi connectivity index (χ3v) is 4.04. The van der Waals surface area contributed by atoms with Crippen LogP contribution in [-0.2, 0) is 13.5 Å². The highest BCUT2D eigenvalue weighted by molar-refractivity contribution is 5.83. The molecule has 1 heterocycles. The van der Waals surface area contributed by atoms with Crippen LogP contribution in [0.25, 0.3) is 10.8 Å². The Morgan fingerprint density at radius 2 is 1.86 bits per heavy atom. The maximum Gasteiger partial charge on any atom is 0.0596 e. The van der Waals surface area contributed by atoms with E-state index in [9.17, 15) is 0 Å². The molecule has 0 saturated carbocycles. The number of hydrogen-bond acceptors (Lipinski definition) is 2. The van der Waals surface area contributed by atoms with Crippen molar-refractivity contribution in [1.29, 1.82) is 0 Å². The Labute approximate surface area is 125 Å². The molecule has 3 rings (SSSR count). The number of likely N-dealkylation sites (N-methyl/N-ethyl adjacent to an activating group) is 1. The predicted octanol–water partition coefficient (Wildman–Crippen LogP) is 3.38. The molecule has 0 aliphatic heterocycles. The molecule has 3 heteroatoms. The molecule has 0 amide bonds. The number of aryl methyl sites for hydroxylation is 2. The summed E-state index contributed by atoms with van der Waals surface area (Å²) in [5.74, 6) is 0. The third-order valence-electron chi connectivity index (χ3n) is 4.04. The molecule has 0 radical (unpaired) electrons. The monoisotopic (exact) mass is 279 g/mol. The summed E-state index contributed by atoms with van der Waals surface area (Å²) in [6.07, 6.45) is 0.937. The summed E-state index contributed by atoms with van der Waals surface area (Å²) in [5.41, 5.74) is 3.64. The van der Waals surface area contributed by atoms with Crippen LogP contribution in [0.3, 0.4) is 0 Å². The zero-order valence-corrected chi connectivity index (χ0v) is 12.8. The van der Waals surface area contributed by atoms with Crippen LogP contribution in [-0.4, -0.2) is 16.8 Å². The predicted molar refractivity (Wildman–Crippen MR) is 87.4 cm³/mol. The van der Waals surface area contributed by atoms with Gasteiger partial charge in [-0.3, -0.25) is 4.68 Å². The molecular formula is C18H21N3. The first-order valence-electron chi connectivity index (χ1n) is 7.33. The zero-order chi connectivity index (χ0) is 14.8. The van der Waals surface area contributed by atoms with Gasteiger partial charge < -0.3 is 5.32 Å². The standard InChI is InChI=1S/C18H21N3/c1-13-10-17(21(3)20-13)12-18(19-2)16-9-8-14-6-4-5-7-15(14)11-16/h4-11,18-19H,12H2,1-3H3. The van der Waals surface area contributed by atoms with Crippen LogP contribution >= 0.6 is 0 Å². The Morgan fingerprint density at radius 1 is 1.10 bits per heavy atom. The average molecular weight is 279 g/mol. The van der Waals surface area contributed by atoms with E-state index < -0.39 is 0 Å². The van der Waals surface area contributed by atoms with Crippen molar-refractivity contribution in [3.8, 4) is 0 Å². The van der Waals surface area contributed by atoms with Crippen LogP contribution in [0.2, 0.25) is 0 Å². The molecule has 0 fully saturated rings. The number of hydrogen-bond donors (Lipinski definition) is 1. The summed E-state index contributed by atoms with van der Waals surface area (Å²) in [7, 11) is 4.03. The topological polar surface area (TPSA) is 29.9 Å². The van der Waals surface area contributed by atoms with Crippen LogP contribution in [0.15, 0.2) is 48.5 Å². The summed E-state index contributed by atoms with van der Waals surface area (Å²) in [5, 5.41) is 10.4. The Hall–Kier alpha value is -2.13. The second-order valence-electron chi connectivity index (χ2n) is 5.55. The quantitative estimate of drug-likeness (QED) is 0.793. The van der Waals surface area contributed by atoms with Gasteiger partial charge in [-0.15, -0.1) is 0 Å². The van der Waals surface area contributed by atoms with Crippen LogP contribution in [0.4, 0.5) is 0 Å². The highest BCUT2D eigenvalue weighted by atomic mass is 15.3. The van der Waals surface area contributed by atoms with Crippen molar-refractivity contribution in [2.24, 2.45) is 7.05 Å². The number of nitrogens with one attached hydrogen (secondary N) is 1. The molecular weight excluding hydrogens is 258 g/mol. The van der Waals surface area contributed by atoms with Crippen molar-refractivity contribution in [3.05, 3.63) is 65.5 Å². The summed E-state index contributed by atoms with van der Waals surface area (Å²) in [6, 6.07) is 17.6. The van der Waals surface area contributed by atoms with Crippen LogP contribution in [0.5, 0.6) is 0 Å². The van der Waals surface area contributed by atoms with E-state index in [4.69, 9.17) is 0 Å². The van der Waals surface area contributed by atoms with Crippen LogP contribution in [0, 0.1) is 6.92 Å². The highest BCUT2D eigenvalue weighted by Gasteiger charge is 2.13. The van der Waals surface area contributed by atoms with E-state index in [0.29, 0.717) is 6.04 Å². The molecule has 0 aliphatic carbocycles. The van der Waals surface area contributed by atoms with Gasteiger partial charge in [-0.05, 0) is 42.4 Å². The molecule has 3 nitrogen and oxygen atoms in total. The number of rotatable bonds is 4. The molecule has 0 saturated heterocycles. The average Bonchev–Trinajstić information content (AvgIpc) is 2.82. The lowest BCUT2D eigenvalue weighted by atomic mass is 9.98. The van der Waals surface area contributed by atoms with Crippen molar-refractivity contribution in [3.63, 3.8) is 0 Å². The van der Waals surface area contributed by atoms with E-state index in [0.717, 1.165) is 12.1 Å². The van der Waals surface area contributed by atoms with Crippen molar-refractivity contribution in [2.45, 2.75) is 19.4 Å². The molecule has 3 aromatic rings. The lowest BCUT2D eigenvalue weighted by Gasteiger charge is -2.17. The fourth-order valence-corrected chi connectivity index (χ4v) is 2.88. The van der Waals surface area contributed by atoms with E-state index in [-0.39, 0.29) is 0 Å². The molecule has 0 spiro atoms. The summed E-state index contributed by atoms with van der Waals surface area (Å²) in [6.45, 7) is 2.04. The molecule has 108 valence electrons. The van der Waals surface area contributed by atoms with Gasteiger partial charge in [-0.2, -0.15) is 5.10 Å². The fraction of sp³-hybridized carbons (Fsp3) is 0.278. The van der Waals surface area contributed by atoms with Crippen molar-refractivity contribution < 1.29 is 0 Å². The first-order chi connectivity index (χ1) is 10.2. The van der Waals surface area contributed by atoms with Gasteiger partial charge in [0, 0.05) is 25.2 Å². The van der Waals surface area contributed by atoms with Gasteiger partial charge in [0.15, 0.2) is 0 Å².